The third-order valence-electron chi connectivity index (χ3n) is 4.66. The highest BCUT2D eigenvalue weighted by Gasteiger charge is 2.36. The van der Waals surface area contributed by atoms with Gasteiger partial charge < -0.3 is 9.72 Å². The van der Waals surface area contributed by atoms with Crippen LogP contribution in [0.15, 0.2) is 66.7 Å². The highest BCUT2D eigenvalue weighted by Crippen LogP contribution is 2.40. The van der Waals surface area contributed by atoms with Gasteiger partial charge in [0.1, 0.15) is 29.0 Å². The quantitative estimate of drug-likeness (QED) is 0.217. The van der Waals surface area contributed by atoms with Crippen LogP contribution in [0, 0.1) is 21.4 Å². The molecule has 0 unspecified atom stereocenters. The minimum atomic E-state index is -4.84. The molecule has 0 saturated carbocycles. The van der Waals surface area contributed by atoms with E-state index in [0.717, 1.165) is 17.6 Å². The average molecular weight is 450 g/mol. The molecule has 1 heterocycles. The number of halogens is 3. The summed E-state index contributed by atoms with van der Waals surface area (Å²) in [6, 6.07) is 17.7. The van der Waals surface area contributed by atoms with Crippen LogP contribution in [-0.2, 0) is 6.18 Å². The van der Waals surface area contributed by atoms with Gasteiger partial charge in [0.25, 0.3) is 5.69 Å². The molecule has 0 aliphatic carbocycles. The van der Waals surface area contributed by atoms with Crippen LogP contribution in [-0.4, -0.2) is 14.9 Å². The summed E-state index contributed by atoms with van der Waals surface area (Å²) in [6.45, 7) is 0. The Labute approximate surface area is 184 Å². The molecule has 7 nitrogen and oxygen atoms in total. The van der Waals surface area contributed by atoms with Crippen molar-refractivity contribution < 1.29 is 22.8 Å². The summed E-state index contributed by atoms with van der Waals surface area (Å²) >= 11 is 0. The van der Waals surface area contributed by atoms with Gasteiger partial charge in [0.2, 0.25) is 0 Å². The number of aromatic amines is 1. The number of benzene rings is 3. The van der Waals surface area contributed by atoms with Gasteiger partial charge in [0, 0.05) is 12.1 Å². The number of imidazole rings is 1. The van der Waals surface area contributed by atoms with Crippen LogP contribution in [0.5, 0.6) is 11.5 Å². The number of H-pyrrole nitrogens is 1. The maximum atomic E-state index is 13.3. The van der Waals surface area contributed by atoms with E-state index in [0.29, 0.717) is 23.0 Å². The number of aromatic nitrogens is 2. The van der Waals surface area contributed by atoms with E-state index < -0.39 is 28.1 Å². The normalized spacial score (nSPS) is 11.9. The van der Waals surface area contributed by atoms with E-state index in [-0.39, 0.29) is 11.3 Å². The molecule has 0 amide bonds. The van der Waals surface area contributed by atoms with Gasteiger partial charge in [0.05, 0.1) is 21.5 Å². The monoisotopic (exact) mass is 450 g/mol. The molecule has 0 atom stereocenters. The smallest absolute Gasteiger partial charge is 0.420 e. The molecule has 0 radical (unpaired) electrons. The van der Waals surface area contributed by atoms with Gasteiger partial charge in [-0.2, -0.15) is 18.4 Å². The standard InChI is InChI=1S/C23H13F3N4O3/c24-23(25,26)18-12-16(30(31)32)7-10-21(18)33-17-8-5-14(6-9-17)11-15(13-27)22-28-19-3-1-2-4-20(19)29-22/h1-12H,(H,28,29). The lowest BCUT2D eigenvalue weighted by Gasteiger charge is -2.13. The Kier molecular flexibility index (Phi) is 5.54. The minimum Gasteiger partial charge on any atom is -0.457 e. The third-order valence-corrected chi connectivity index (χ3v) is 4.66. The Balaban J connectivity index is 1.60. The van der Waals surface area contributed by atoms with E-state index in [1.165, 1.54) is 12.1 Å². The van der Waals surface area contributed by atoms with E-state index in [2.05, 4.69) is 16.0 Å². The summed E-state index contributed by atoms with van der Waals surface area (Å²) in [5, 5.41) is 20.3. The third kappa shape index (κ3) is 4.67. The molecule has 3 aromatic carbocycles. The fourth-order valence-corrected chi connectivity index (χ4v) is 3.10. The molecular formula is C23H13F3N4O3. The molecule has 33 heavy (non-hydrogen) atoms. The fraction of sp³-hybridized carbons (Fsp3) is 0.0435. The largest absolute Gasteiger partial charge is 0.457 e. The lowest BCUT2D eigenvalue weighted by Crippen LogP contribution is -2.08. The zero-order chi connectivity index (χ0) is 23.6. The number of rotatable bonds is 5. The van der Waals surface area contributed by atoms with Gasteiger partial charge in [-0.05, 0) is 42.0 Å². The molecule has 0 aliphatic rings. The van der Waals surface area contributed by atoms with Crippen LogP contribution >= 0.6 is 0 Å². The van der Waals surface area contributed by atoms with Crippen molar-refractivity contribution in [1.82, 2.24) is 9.97 Å². The Morgan fingerprint density at radius 1 is 1.12 bits per heavy atom. The Hall–Kier alpha value is -4.65. The average Bonchev–Trinajstić information content (AvgIpc) is 3.22. The van der Waals surface area contributed by atoms with Crippen molar-refractivity contribution in [2.24, 2.45) is 0 Å². The van der Waals surface area contributed by atoms with E-state index in [1.807, 2.05) is 24.3 Å². The molecule has 164 valence electrons. The van der Waals surface area contributed by atoms with E-state index in [4.69, 9.17) is 4.74 Å². The number of fused-ring (bicyclic) bond motifs is 1. The molecule has 0 fully saturated rings. The lowest BCUT2D eigenvalue weighted by atomic mass is 10.1. The number of nitrogens with one attached hydrogen (secondary N) is 1. The molecule has 0 spiro atoms. The number of ether oxygens (including phenoxy) is 1. The van der Waals surface area contributed by atoms with E-state index >= 15 is 0 Å². The predicted molar refractivity (Wildman–Crippen MR) is 114 cm³/mol. The molecule has 1 aromatic heterocycles. The summed E-state index contributed by atoms with van der Waals surface area (Å²) in [6.07, 6.45) is -3.26. The molecule has 0 bridgehead atoms. The first-order valence-electron chi connectivity index (χ1n) is 9.45. The van der Waals surface area contributed by atoms with Gasteiger partial charge in [-0.1, -0.05) is 24.3 Å². The van der Waals surface area contributed by atoms with Gasteiger partial charge >= 0.3 is 6.18 Å². The summed E-state index contributed by atoms with van der Waals surface area (Å²) < 4.78 is 45.3. The number of para-hydroxylation sites is 2. The zero-order valence-corrected chi connectivity index (χ0v) is 16.6. The fourth-order valence-electron chi connectivity index (χ4n) is 3.10. The van der Waals surface area contributed by atoms with Gasteiger partial charge in [0.15, 0.2) is 0 Å². The number of nitro benzene ring substituents is 1. The molecular weight excluding hydrogens is 437 g/mol. The number of nitro groups is 1. The molecule has 10 heteroatoms. The lowest BCUT2D eigenvalue weighted by molar-refractivity contribution is -0.385. The van der Waals surface area contributed by atoms with Crippen molar-refractivity contribution in [3.63, 3.8) is 0 Å². The van der Waals surface area contributed by atoms with Gasteiger partial charge in [-0.3, -0.25) is 10.1 Å². The summed E-state index contributed by atoms with van der Waals surface area (Å²) in [4.78, 5) is 17.4. The van der Waals surface area contributed by atoms with Crippen molar-refractivity contribution in [2.45, 2.75) is 6.18 Å². The van der Waals surface area contributed by atoms with Crippen LogP contribution in [0.4, 0.5) is 18.9 Å². The zero-order valence-electron chi connectivity index (χ0n) is 16.6. The number of hydrogen-bond donors (Lipinski definition) is 1. The van der Waals surface area contributed by atoms with Gasteiger partial charge in [-0.25, -0.2) is 4.98 Å². The summed E-state index contributed by atoms with van der Waals surface area (Å²) in [7, 11) is 0. The summed E-state index contributed by atoms with van der Waals surface area (Å²) in [5.74, 6) is -0.0788. The van der Waals surface area contributed by atoms with Crippen molar-refractivity contribution >= 4 is 28.4 Å². The molecule has 0 aliphatic heterocycles. The number of hydrogen-bond acceptors (Lipinski definition) is 5. The molecule has 4 aromatic rings. The van der Waals surface area contributed by atoms with Crippen LogP contribution in [0.2, 0.25) is 0 Å². The minimum absolute atomic E-state index is 0.0914. The maximum Gasteiger partial charge on any atom is 0.420 e. The van der Waals surface area contributed by atoms with Gasteiger partial charge in [-0.15, -0.1) is 0 Å². The first-order chi connectivity index (χ1) is 15.7. The molecule has 4 rings (SSSR count). The molecule has 1 N–H and O–H groups in total. The second-order valence-electron chi connectivity index (χ2n) is 6.88. The van der Waals surface area contributed by atoms with Crippen molar-refractivity contribution in [3.05, 3.63) is 93.8 Å². The second kappa shape index (κ2) is 8.47. The van der Waals surface area contributed by atoms with Crippen molar-refractivity contribution in [1.29, 1.82) is 5.26 Å². The van der Waals surface area contributed by atoms with Crippen LogP contribution < -0.4 is 4.74 Å². The maximum absolute atomic E-state index is 13.3. The highest BCUT2D eigenvalue weighted by molar-refractivity contribution is 5.90. The Bertz CT molecular complexity index is 1380. The SMILES string of the molecule is N#CC(=Cc1ccc(Oc2ccc([N+](=O)[O-])cc2C(F)(F)F)cc1)c1nc2ccccc2[nH]1. The topological polar surface area (TPSA) is 105 Å². The number of alkyl halides is 3. The first kappa shape index (κ1) is 21.6. The molecule has 0 saturated heterocycles. The summed E-state index contributed by atoms with van der Waals surface area (Å²) in [5.41, 5.74) is 0.415. The number of allylic oxidation sites excluding steroid dienone is 1. The Morgan fingerprint density at radius 2 is 1.85 bits per heavy atom. The van der Waals surface area contributed by atoms with E-state index in [1.54, 1.807) is 18.2 Å². The number of non-ortho nitro benzene ring substituents is 1. The van der Waals surface area contributed by atoms with E-state index in [9.17, 15) is 28.5 Å². The van der Waals surface area contributed by atoms with Crippen molar-refractivity contribution in [3.8, 4) is 17.6 Å². The van der Waals surface area contributed by atoms with Crippen LogP contribution in [0.25, 0.3) is 22.7 Å². The van der Waals surface area contributed by atoms with Crippen molar-refractivity contribution in [2.75, 3.05) is 0 Å². The van der Waals surface area contributed by atoms with Crippen LogP contribution in [0.1, 0.15) is 17.0 Å². The predicted octanol–water partition coefficient (Wildman–Crippen LogP) is 6.35. The number of nitriles is 1. The highest BCUT2D eigenvalue weighted by atomic mass is 19.4. The first-order valence-corrected chi connectivity index (χ1v) is 9.45. The van der Waals surface area contributed by atoms with Crippen LogP contribution in [0.3, 0.4) is 0 Å². The Morgan fingerprint density at radius 3 is 2.48 bits per heavy atom. The second-order valence-corrected chi connectivity index (χ2v) is 6.88. The number of nitrogens with zero attached hydrogens (tertiary/aromatic N) is 3.